The maximum absolute atomic E-state index is 12.9. The molecule has 0 saturated carbocycles. The highest BCUT2D eigenvalue weighted by atomic mass is 35.5. The van der Waals surface area contributed by atoms with Crippen LogP contribution in [0.5, 0.6) is 0 Å². The van der Waals surface area contributed by atoms with Crippen LogP contribution in [-0.4, -0.2) is 20.9 Å². The van der Waals surface area contributed by atoms with E-state index in [-0.39, 0.29) is 5.78 Å². The number of ether oxygens (including phenoxy) is 1. The van der Waals surface area contributed by atoms with Crippen molar-refractivity contribution < 1.29 is 9.53 Å². The molecule has 4 nitrogen and oxygen atoms in total. The predicted molar refractivity (Wildman–Crippen MR) is 138 cm³/mol. The highest BCUT2D eigenvalue weighted by molar-refractivity contribution is 6.30. The summed E-state index contributed by atoms with van der Waals surface area (Å²) in [6, 6.07) is 7.84. The molecule has 0 fully saturated rings. The molecule has 0 radical (unpaired) electrons. The summed E-state index contributed by atoms with van der Waals surface area (Å²) >= 11 is 6.22. The lowest BCUT2D eigenvalue weighted by Gasteiger charge is -2.29. The van der Waals surface area contributed by atoms with Gasteiger partial charge in [-0.2, -0.15) is 0 Å². The van der Waals surface area contributed by atoms with Crippen LogP contribution in [0.15, 0.2) is 24.3 Å². The van der Waals surface area contributed by atoms with Gasteiger partial charge in [-0.05, 0) is 84.1 Å². The Morgan fingerprint density at radius 2 is 1.73 bits per heavy atom. The number of nitrogens with zero attached hydrogens (tertiary/aromatic N) is 2. The van der Waals surface area contributed by atoms with E-state index in [1.54, 1.807) is 6.92 Å². The second-order valence-corrected chi connectivity index (χ2v) is 10.9. The minimum absolute atomic E-state index is 0.0296. The molecule has 0 spiro atoms. The Kier molecular flexibility index (Phi) is 7.40. The van der Waals surface area contributed by atoms with Gasteiger partial charge in [-0.1, -0.05) is 37.6 Å². The van der Waals surface area contributed by atoms with Gasteiger partial charge >= 0.3 is 0 Å². The lowest BCUT2D eigenvalue weighted by molar-refractivity contribution is -0.138. The topological polar surface area (TPSA) is 44.1 Å². The summed E-state index contributed by atoms with van der Waals surface area (Å²) in [6.45, 7) is 19.2. The first-order valence-corrected chi connectivity index (χ1v) is 12.1. The number of aromatic nitrogens is 2. The Morgan fingerprint density at radius 1 is 1.12 bits per heavy atom. The number of carbonyl (C=O) groups excluding carboxylic acids is 1. The normalized spacial score (nSPS) is 13.2. The number of rotatable bonds is 7. The number of pyridine rings is 1. The minimum Gasteiger partial charge on any atom is -0.360 e. The fourth-order valence-electron chi connectivity index (χ4n) is 4.39. The van der Waals surface area contributed by atoms with Crippen molar-refractivity contribution >= 4 is 28.4 Å². The number of benzene rings is 1. The standard InChI is InChI=1S/C28H37ClN2O2/c1-16(2)14-15-31-19(5)17(3)23-25(21-10-12-22(29)13-11-21)24(18(4)30-27(23)31)26(20(6)32)33-28(7,8)9/h10-13,16,26H,14-15H2,1-9H3. The van der Waals surface area contributed by atoms with Crippen molar-refractivity contribution in [2.45, 2.75) is 87.0 Å². The molecule has 0 N–H and O–H groups in total. The molecule has 0 aliphatic rings. The smallest absolute Gasteiger partial charge is 0.163 e. The number of carbonyl (C=O) groups is 1. The molecule has 2 heterocycles. The Balaban J connectivity index is 2.43. The number of halogens is 1. The molecule has 5 heteroatoms. The number of ketones is 1. The van der Waals surface area contributed by atoms with Crippen molar-refractivity contribution in [3.63, 3.8) is 0 Å². The van der Waals surface area contributed by atoms with Crippen LogP contribution < -0.4 is 0 Å². The summed E-state index contributed by atoms with van der Waals surface area (Å²) in [5, 5.41) is 1.77. The van der Waals surface area contributed by atoms with E-state index < -0.39 is 11.7 Å². The quantitative estimate of drug-likeness (QED) is 0.355. The molecule has 178 valence electrons. The highest BCUT2D eigenvalue weighted by Crippen LogP contribution is 2.42. The van der Waals surface area contributed by atoms with Crippen molar-refractivity contribution in [1.82, 2.24) is 9.55 Å². The van der Waals surface area contributed by atoms with E-state index in [4.69, 9.17) is 21.3 Å². The molecule has 1 aromatic carbocycles. The van der Waals surface area contributed by atoms with Gasteiger partial charge in [0, 0.05) is 39.5 Å². The monoisotopic (exact) mass is 468 g/mol. The molecule has 0 aliphatic carbocycles. The lowest BCUT2D eigenvalue weighted by atomic mass is 9.90. The van der Waals surface area contributed by atoms with E-state index in [0.29, 0.717) is 10.9 Å². The second-order valence-electron chi connectivity index (χ2n) is 10.5. The highest BCUT2D eigenvalue weighted by Gasteiger charge is 2.31. The molecule has 0 saturated heterocycles. The number of fused-ring (bicyclic) bond motifs is 1. The molecular formula is C28H37ClN2O2. The Labute approximate surface area is 203 Å². The number of aryl methyl sites for hydroxylation is 3. The number of hydrogen-bond donors (Lipinski definition) is 0. The van der Waals surface area contributed by atoms with Crippen molar-refractivity contribution in [3.8, 4) is 11.1 Å². The Morgan fingerprint density at radius 3 is 2.24 bits per heavy atom. The fourth-order valence-corrected chi connectivity index (χ4v) is 4.52. The first-order chi connectivity index (χ1) is 15.3. The maximum atomic E-state index is 12.9. The van der Waals surface area contributed by atoms with E-state index in [9.17, 15) is 4.79 Å². The Bertz CT molecular complexity index is 1170. The SMILES string of the molecule is CC(=O)C(OC(C)(C)C)c1c(C)nc2c(c(C)c(C)n2CCC(C)C)c1-c1ccc(Cl)cc1. The van der Waals surface area contributed by atoms with E-state index >= 15 is 0 Å². The van der Waals surface area contributed by atoms with E-state index in [1.165, 1.54) is 11.3 Å². The molecule has 33 heavy (non-hydrogen) atoms. The van der Waals surface area contributed by atoms with Gasteiger partial charge in [-0.3, -0.25) is 4.79 Å². The summed E-state index contributed by atoms with van der Waals surface area (Å²) in [5.41, 5.74) is 6.57. The zero-order chi connectivity index (χ0) is 24.7. The minimum atomic E-state index is -0.703. The van der Waals surface area contributed by atoms with Gasteiger partial charge < -0.3 is 9.30 Å². The van der Waals surface area contributed by atoms with Gasteiger partial charge in [0.25, 0.3) is 0 Å². The maximum Gasteiger partial charge on any atom is 0.163 e. The molecule has 1 atom stereocenters. The molecule has 1 unspecified atom stereocenters. The molecular weight excluding hydrogens is 432 g/mol. The van der Waals surface area contributed by atoms with Crippen LogP contribution in [0.4, 0.5) is 0 Å². The molecule has 3 aromatic rings. The van der Waals surface area contributed by atoms with Crippen LogP contribution in [-0.2, 0) is 16.1 Å². The molecule has 0 aliphatic heterocycles. The summed E-state index contributed by atoms with van der Waals surface area (Å²) in [5.74, 6) is 0.568. The van der Waals surface area contributed by atoms with Gasteiger partial charge in [0.1, 0.15) is 11.8 Å². The van der Waals surface area contributed by atoms with Crippen molar-refractivity contribution in [3.05, 3.63) is 51.8 Å². The van der Waals surface area contributed by atoms with Gasteiger partial charge in [-0.25, -0.2) is 4.98 Å². The summed E-state index contributed by atoms with van der Waals surface area (Å²) in [6.07, 6.45) is 0.373. The van der Waals surface area contributed by atoms with E-state index in [2.05, 4.69) is 32.3 Å². The number of hydrogen-bond acceptors (Lipinski definition) is 3. The second kappa shape index (κ2) is 9.60. The zero-order valence-corrected chi connectivity index (χ0v) is 22.2. The van der Waals surface area contributed by atoms with Crippen molar-refractivity contribution in [1.29, 1.82) is 0 Å². The van der Waals surface area contributed by atoms with Crippen LogP contribution in [0.2, 0.25) is 5.02 Å². The average Bonchev–Trinajstić information content (AvgIpc) is 2.93. The Hall–Kier alpha value is -2.17. The van der Waals surface area contributed by atoms with Crippen molar-refractivity contribution in [2.24, 2.45) is 5.92 Å². The molecule has 0 amide bonds. The van der Waals surface area contributed by atoms with E-state index in [0.717, 1.165) is 46.4 Å². The van der Waals surface area contributed by atoms with Crippen LogP contribution in [0.25, 0.3) is 22.2 Å². The lowest BCUT2D eigenvalue weighted by Crippen LogP contribution is -2.27. The van der Waals surface area contributed by atoms with Crippen LogP contribution in [0.1, 0.15) is 76.6 Å². The third kappa shape index (κ3) is 5.33. The van der Waals surface area contributed by atoms with Gasteiger partial charge in [0.2, 0.25) is 0 Å². The molecule has 3 rings (SSSR count). The van der Waals surface area contributed by atoms with Crippen LogP contribution >= 0.6 is 11.6 Å². The predicted octanol–water partition coefficient (Wildman–Crippen LogP) is 7.77. The van der Waals surface area contributed by atoms with E-state index in [1.807, 2.05) is 52.0 Å². The zero-order valence-electron chi connectivity index (χ0n) is 21.5. The van der Waals surface area contributed by atoms with Gasteiger partial charge in [-0.15, -0.1) is 0 Å². The largest absolute Gasteiger partial charge is 0.360 e. The first-order valence-electron chi connectivity index (χ1n) is 11.8. The van der Waals surface area contributed by atoms with Gasteiger partial charge in [0.15, 0.2) is 5.78 Å². The number of Topliss-reactive ketones (excluding diaryl/α,β-unsaturated/α-hetero) is 1. The molecule has 0 bridgehead atoms. The third-order valence-electron chi connectivity index (χ3n) is 6.15. The van der Waals surface area contributed by atoms with Crippen molar-refractivity contribution in [2.75, 3.05) is 0 Å². The third-order valence-corrected chi connectivity index (χ3v) is 6.40. The summed E-state index contributed by atoms with van der Waals surface area (Å²) in [7, 11) is 0. The first kappa shape index (κ1) is 25.5. The summed E-state index contributed by atoms with van der Waals surface area (Å²) < 4.78 is 8.66. The molecule has 2 aromatic heterocycles. The fraction of sp³-hybridized carbons (Fsp3) is 0.500. The van der Waals surface area contributed by atoms with Crippen LogP contribution in [0.3, 0.4) is 0 Å². The van der Waals surface area contributed by atoms with Crippen LogP contribution in [0, 0.1) is 26.7 Å². The summed E-state index contributed by atoms with van der Waals surface area (Å²) in [4.78, 5) is 18.0. The average molecular weight is 469 g/mol. The van der Waals surface area contributed by atoms with Gasteiger partial charge in [0.05, 0.1) is 5.60 Å².